The third-order valence-electron chi connectivity index (χ3n) is 3.19. The molecule has 1 fully saturated rings. The SMILES string of the molecule is CCCN=C(NCC)N1CCC(COCCOC)C1. The molecule has 1 unspecified atom stereocenters. The van der Waals surface area contributed by atoms with Gasteiger partial charge in [-0.25, -0.2) is 0 Å². The summed E-state index contributed by atoms with van der Waals surface area (Å²) in [5.41, 5.74) is 0. The van der Waals surface area contributed by atoms with Crippen LogP contribution in [0.3, 0.4) is 0 Å². The maximum atomic E-state index is 5.62. The largest absolute Gasteiger partial charge is 0.382 e. The fourth-order valence-corrected chi connectivity index (χ4v) is 2.20. The minimum Gasteiger partial charge on any atom is -0.382 e. The van der Waals surface area contributed by atoms with Gasteiger partial charge in [0.25, 0.3) is 0 Å². The lowest BCUT2D eigenvalue weighted by atomic mass is 10.1. The van der Waals surface area contributed by atoms with Crippen LogP contribution in [-0.2, 0) is 9.47 Å². The summed E-state index contributed by atoms with van der Waals surface area (Å²) >= 11 is 0. The van der Waals surface area contributed by atoms with E-state index >= 15 is 0 Å². The number of likely N-dealkylation sites (tertiary alicyclic amines) is 1. The van der Waals surface area contributed by atoms with Gasteiger partial charge in [-0.1, -0.05) is 6.92 Å². The highest BCUT2D eigenvalue weighted by Gasteiger charge is 2.24. The predicted molar refractivity (Wildman–Crippen MR) is 78.6 cm³/mol. The van der Waals surface area contributed by atoms with Crippen LogP contribution < -0.4 is 5.32 Å². The summed E-state index contributed by atoms with van der Waals surface area (Å²) < 4.78 is 10.6. The standard InChI is InChI=1S/C14H29N3O2/c1-4-7-16-14(15-5-2)17-8-6-13(11-17)12-19-10-9-18-3/h13H,4-12H2,1-3H3,(H,15,16). The first-order chi connectivity index (χ1) is 9.31. The second-order valence-corrected chi connectivity index (χ2v) is 4.90. The highest BCUT2D eigenvalue weighted by Crippen LogP contribution is 2.16. The van der Waals surface area contributed by atoms with Crippen molar-refractivity contribution in [3.63, 3.8) is 0 Å². The summed E-state index contributed by atoms with van der Waals surface area (Å²) in [6, 6.07) is 0. The summed E-state index contributed by atoms with van der Waals surface area (Å²) in [7, 11) is 1.70. The zero-order valence-electron chi connectivity index (χ0n) is 12.7. The van der Waals surface area contributed by atoms with Crippen LogP contribution in [0.25, 0.3) is 0 Å². The number of hydrogen-bond acceptors (Lipinski definition) is 3. The molecule has 19 heavy (non-hydrogen) atoms. The lowest BCUT2D eigenvalue weighted by molar-refractivity contribution is 0.0536. The van der Waals surface area contributed by atoms with E-state index in [1.54, 1.807) is 7.11 Å². The number of rotatable bonds is 8. The number of ether oxygens (including phenoxy) is 2. The molecule has 1 atom stereocenters. The summed E-state index contributed by atoms with van der Waals surface area (Å²) in [5, 5.41) is 3.37. The molecule has 0 radical (unpaired) electrons. The minimum absolute atomic E-state index is 0.613. The lowest BCUT2D eigenvalue weighted by Gasteiger charge is -2.21. The van der Waals surface area contributed by atoms with E-state index in [1.807, 2.05) is 0 Å². The molecule has 0 spiro atoms. The maximum Gasteiger partial charge on any atom is 0.193 e. The van der Waals surface area contributed by atoms with Gasteiger partial charge in [0.15, 0.2) is 5.96 Å². The molecule has 0 saturated carbocycles. The van der Waals surface area contributed by atoms with Crippen LogP contribution in [0.2, 0.25) is 0 Å². The van der Waals surface area contributed by atoms with Gasteiger partial charge in [0.05, 0.1) is 19.8 Å². The molecule has 1 rings (SSSR count). The van der Waals surface area contributed by atoms with Crippen molar-refractivity contribution in [3.05, 3.63) is 0 Å². The Morgan fingerprint density at radius 2 is 2.21 bits per heavy atom. The Bertz CT molecular complexity index is 259. The highest BCUT2D eigenvalue weighted by molar-refractivity contribution is 5.80. The van der Waals surface area contributed by atoms with Gasteiger partial charge in [0.2, 0.25) is 0 Å². The second kappa shape index (κ2) is 10.0. The number of methoxy groups -OCH3 is 1. The highest BCUT2D eigenvalue weighted by atomic mass is 16.5. The van der Waals surface area contributed by atoms with Gasteiger partial charge in [-0.15, -0.1) is 0 Å². The zero-order valence-corrected chi connectivity index (χ0v) is 12.7. The van der Waals surface area contributed by atoms with E-state index < -0.39 is 0 Å². The number of nitrogens with zero attached hydrogens (tertiary/aromatic N) is 2. The molecule has 0 amide bonds. The summed E-state index contributed by atoms with van der Waals surface area (Å²) in [4.78, 5) is 6.98. The molecular weight excluding hydrogens is 242 g/mol. The topological polar surface area (TPSA) is 46.1 Å². The Morgan fingerprint density at radius 3 is 2.89 bits per heavy atom. The first kappa shape index (κ1) is 16.2. The fraction of sp³-hybridized carbons (Fsp3) is 0.929. The maximum absolute atomic E-state index is 5.62. The lowest BCUT2D eigenvalue weighted by Crippen LogP contribution is -2.40. The zero-order chi connectivity index (χ0) is 13.9. The molecule has 0 bridgehead atoms. The van der Waals surface area contributed by atoms with Crippen molar-refractivity contribution in [2.24, 2.45) is 10.9 Å². The molecule has 112 valence electrons. The Kier molecular flexibility index (Phi) is 8.58. The van der Waals surface area contributed by atoms with E-state index in [0.717, 1.165) is 45.2 Å². The molecule has 1 N–H and O–H groups in total. The van der Waals surface area contributed by atoms with Crippen molar-refractivity contribution in [2.45, 2.75) is 26.7 Å². The second-order valence-electron chi connectivity index (χ2n) is 4.90. The Labute approximate surface area is 117 Å². The van der Waals surface area contributed by atoms with E-state index in [9.17, 15) is 0 Å². The number of guanidine groups is 1. The van der Waals surface area contributed by atoms with Crippen LogP contribution >= 0.6 is 0 Å². The molecular formula is C14H29N3O2. The van der Waals surface area contributed by atoms with Crippen molar-refractivity contribution >= 4 is 5.96 Å². The molecule has 1 heterocycles. The van der Waals surface area contributed by atoms with E-state index in [2.05, 4.69) is 29.1 Å². The quantitative estimate of drug-likeness (QED) is 0.411. The average molecular weight is 271 g/mol. The van der Waals surface area contributed by atoms with Gasteiger partial charge in [-0.05, 0) is 19.8 Å². The van der Waals surface area contributed by atoms with Crippen molar-refractivity contribution in [3.8, 4) is 0 Å². The monoisotopic (exact) mass is 271 g/mol. The third-order valence-corrected chi connectivity index (χ3v) is 3.19. The van der Waals surface area contributed by atoms with Gasteiger partial charge in [0.1, 0.15) is 0 Å². The number of hydrogen-bond donors (Lipinski definition) is 1. The van der Waals surface area contributed by atoms with Crippen LogP contribution in [0.4, 0.5) is 0 Å². The van der Waals surface area contributed by atoms with Gasteiger partial charge in [-0.2, -0.15) is 0 Å². The van der Waals surface area contributed by atoms with Crippen molar-refractivity contribution in [1.29, 1.82) is 0 Å². The minimum atomic E-state index is 0.613. The normalized spacial score (nSPS) is 20.1. The summed E-state index contributed by atoms with van der Waals surface area (Å²) in [5.74, 6) is 1.67. The molecule has 0 aromatic rings. The smallest absolute Gasteiger partial charge is 0.193 e. The van der Waals surface area contributed by atoms with E-state index in [0.29, 0.717) is 19.1 Å². The van der Waals surface area contributed by atoms with Gasteiger partial charge >= 0.3 is 0 Å². The number of nitrogens with one attached hydrogen (secondary N) is 1. The van der Waals surface area contributed by atoms with Crippen molar-refractivity contribution in [2.75, 3.05) is 53.1 Å². The molecule has 0 aliphatic carbocycles. The van der Waals surface area contributed by atoms with Gasteiger partial charge < -0.3 is 19.7 Å². The van der Waals surface area contributed by atoms with E-state index in [1.165, 1.54) is 6.42 Å². The van der Waals surface area contributed by atoms with Crippen molar-refractivity contribution in [1.82, 2.24) is 10.2 Å². The van der Waals surface area contributed by atoms with Crippen LogP contribution in [0.5, 0.6) is 0 Å². The third kappa shape index (κ3) is 6.25. The van der Waals surface area contributed by atoms with E-state index in [4.69, 9.17) is 9.47 Å². The molecule has 1 aliphatic rings. The average Bonchev–Trinajstić information content (AvgIpc) is 2.88. The van der Waals surface area contributed by atoms with Crippen LogP contribution in [0.15, 0.2) is 4.99 Å². The molecule has 0 aromatic carbocycles. The summed E-state index contributed by atoms with van der Waals surface area (Å²) in [6.07, 6.45) is 2.27. The van der Waals surface area contributed by atoms with Crippen LogP contribution in [0, 0.1) is 5.92 Å². The first-order valence-corrected chi connectivity index (χ1v) is 7.41. The fourth-order valence-electron chi connectivity index (χ4n) is 2.20. The number of aliphatic imine (C=N–C) groups is 1. The Balaban J connectivity index is 2.31. The van der Waals surface area contributed by atoms with Gasteiger partial charge in [-0.3, -0.25) is 4.99 Å². The van der Waals surface area contributed by atoms with Gasteiger partial charge in [0, 0.05) is 39.2 Å². The predicted octanol–water partition coefficient (Wildman–Crippen LogP) is 1.35. The molecule has 5 heteroatoms. The molecule has 1 saturated heterocycles. The Hall–Kier alpha value is -0.810. The van der Waals surface area contributed by atoms with Crippen LogP contribution in [0.1, 0.15) is 26.7 Å². The molecule has 5 nitrogen and oxygen atoms in total. The summed E-state index contributed by atoms with van der Waals surface area (Å²) in [6.45, 7) is 10.4. The van der Waals surface area contributed by atoms with Crippen molar-refractivity contribution < 1.29 is 9.47 Å². The molecule has 1 aliphatic heterocycles. The first-order valence-electron chi connectivity index (χ1n) is 7.41. The van der Waals surface area contributed by atoms with Crippen LogP contribution in [-0.4, -0.2) is 64.0 Å². The molecule has 0 aromatic heterocycles. The van der Waals surface area contributed by atoms with E-state index in [-0.39, 0.29) is 0 Å². The Morgan fingerprint density at radius 1 is 1.37 bits per heavy atom.